The molecule has 0 fully saturated rings. The number of methoxy groups -OCH3 is 2. The van der Waals surface area contributed by atoms with Crippen LogP contribution >= 0.6 is 22.6 Å². The minimum Gasteiger partial charge on any atom is -0.468 e. The van der Waals surface area contributed by atoms with E-state index >= 15 is 0 Å². The Morgan fingerprint density at radius 3 is 2.71 bits per heavy atom. The number of rotatable bonds is 8. The Hall–Kier alpha value is 0.120. The molecule has 0 bridgehead atoms. The first kappa shape index (κ1) is 14.1. The highest BCUT2D eigenvalue weighted by atomic mass is 127. The molecule has 0 spiro atoms. The second kappa shape index (κ2) is 9.67. The number of unbranched alkanes of at least 4 members (excludes halogenated alkanes) is 1. The zero-order valence-corrected chi connectivity index (χ0v) is 10.9. The van der Waals surface area contributed by atoms with E-state index in [1.807, 2.05) is 0 Å². The number of halogens is 1. The predicted octanol–water partition coefficient (Wildman–Crippen LogP) is 0.979. The van der Waals surface area contributed by atoms with Crippen molar-refractivity contribution in [1.82, 2.24) is 5.32 Å². The lowest BCUT2D eigenvalue weighted by Gasteiger charge is -2.08. The number of hydrogen-bond donors (Lipinski definition) is 1. The molecule has 0 rings (SSSR count). The van der Waals surface area contributed by atoms with Crippen LogP contribution in [-0.4, -0.2) is 43.8 Å². The molecule has 1 N–H and O–H groups in total. The van der Waals surface area contributed by atoms with Gasteiger partial charge in [-0.1, -0.05) is 22.6 Å². The lowest BCUT2D eigenvalue weighted by atomic mass is 10.3. The predicted molar refractivity (Wildman–Crippen MR) is 63.8 cm³/mol. The lowest BCUT2D eigenvalue weighted by molar-refractivity contribution is -0.139. The van der Waals surface area contributed by atoms with E-state index in [0.29, 0.717) is 6.54 Å². The summed E-state index contributed by atoms with van der Waals surface area (Å²) < 4.78 is 9.43. The molecule has 0 aliphatic carbocycles. The third kappa shape index (κ3) is 7.52. The van der Waals surface area contributed by atoms with Crippen molar-refractivity contribution >= 4 is 28.6 Å². The molecule has 1 atom stereocenters. The van der Waals surface area contributed by atoms with Crippen molar-refractivity contribution in [3.05, 3.63) is 0 Å². The quantitative estimate of drug-likeness (QED) is 0.314. The zero-order valence-electron chi connectivity index (χ0n) is 8.72. The number of carbonyl (C=O) groups is 1. The van der Waals surface area contributed by atoms with Gasteiger partial charge in [-0.05, 0) is 19.4 Å². The van der Waals surface area contributed by atoms with E-state index in [9.17, 15) is 4.79 Å². The van der Waals surface area contributed by atoms with Crippen molar-refractivity contribution in [1.29, 1.82) is 0 Å². The molecule has 4 nitrogen and oxygen atoms in total. The number of alkyl halides is 1. The summed E-state index contributed by atoms with van der Waals surface area (Å²) in [4.78, 5) is 11.0. The summed E-state index contributed by atoms with van der Waals surface area (Å²) in [5, 5.41) is 3.20. The van der Waals surface area contributed by atoms with Crippen molar-refractivity contribution in [3.8, 4) is 0 Å². The van der Waals surface area contributed by atoms with Gasteiger partial charge in [0.05, 0.1) is 7.11 Å². The maximum Gasteiger partial charge on any atom is 0.319 e. The average molecular weight is 315 g/mol. The highest BCUT2D eigenvalue weighted by Crippen LogP contribution is 2.00. The molecule has 14 heavy (non-hydrogen) atoms. The highest BCUT2D eigenvalue weighted by molar-refractivity contribution is 14.1. The first-order valence-electron chi connectivity index (χ1n) is 4.64. The molecule has 0 aliphatic heterocycles. The van der Waals surface area contributed by atoms with Gasteiger partial charge in [-0.15, -0.1) is 0 Å². The molecule has 0 aromatic carbocycles. The van der Waals surface area contributed by atoms with Crippen LogP contribution in [0.3, 0.4) is 0 Å². The van der Waals surface area contributed by atoms with Crippen molar-refractivity contribution in [2.45, 2.75) is 16.8 Å². The Morgan fingerprint density at radius 2 is 2.14 bits per heavy atom. The van der Waals surface area contributed by atoms with E-state index in [1.54, 1.807) is 7.11 Å². The molecule has 84 valence electrons. The van der Waals surface area contributed by atoms with Gasteiger partial charge in [0, 0.05) is 20.3 Å². The van der Waals surface area contributed by atoms with Crippen molar-refractivity contribution in [2.24, 2.45) is 0 Å². The summed E-state index contributed by atoms with van der Waals surface area (Å²) in [6, 6.07) is 0. The number of nitrogens with one attached hydrogen (secondary N) is 1. The lowest BCUT2D eigenvalue weighted by Crippen LogP contribution is -2.30. The number of carbonyl (C=O) groups excluding carboxylic acids is 1. The van der Waals surface area contributed by atoms with Gasteiger partial charge in [-0.2, -0.15) is 0 Å². The third-order valence-corrected chi connectivity index (χ3v) is 2.68. The normalized spacial score (nSPS) is 12.5. The molecule has 1 unspecified atom stereocenters. The number of esters is 1. The molecule has 0 saturated heterocycles. The van der Waals surface area contributed by atoms with Crippen LogP contribution in [0.4, 0.5) is 0 Å². The molecule has 0 aliphatic rings. The Morgan fingerprint density at radius 1 is 1.43 bits per heavy atom. The second-order valence-electron chi connectivity index (χ2n) is 2.89. The standard InChI is InChI=1S/C9H18INO3/c1-13-6-4-3-5-11-7-8(10)9(12)14-2/h8,11H,3-7H2,1-2H3. The Labute approximate surface area is 98.9 Å². The maximum atomic E-state index is 11.0. The summed E-state index contributed by atoms with van der Waals surface area (Å²) in [6.45, 7) is 2.38. The van der Waals surface area contributed by atoms with Gasteiger partial charge >= 0.3 is 5.97 Å². The largest absolute Gasteiger partial charge is 0.468 e. The fraction of sp³-hybridized carbons (Fsp3) is 0.889. The Balaban J connectivity index is 3.23. The second-order valence-corrected chi connectivity index (χ2v) is 4.40. The first-order valence-corrected chi connectivity index (χ1v) is 5.88. The van der Waals surface area contributed by atoms with Gasteiger partial charge in [0.25, 0.3) is 0 Å². The maximum absolute atomic E-state index is 11.0. The van der Waals surface area contributed by atoms with Gasteiger partial charge in [0.1, 0.15) is 3.92 Å². The monoisotopic (exact) mass is 315 g/mol. The van der Waals surface area contributed by atoms with Crippen molar-refractivity contribution < 1.29 is 14.3 Å². The van der Waals surface area contributed by atoms with E-state index in [-0.39, 0.29) is 9.89 Å². The fourth-order valence-electron chi connectivity index (χ4n) is 0.936. The number of hydrogen-bond acceptors (Lipinski definition) is 4. The topological polar surface area (TPSA) is 47.6 Å². The summed E-state index contributed by atoms with van der Waals surface area (Å²) in [6.07, 6.45) is 2.12. The minimum absolute atomic E-state index is 0.0972. The van der Waals surface area contributed by atoms with E-state index in [2.05, 4.69) is 32.6 Å². The SMILES string of the molecule is COCCCCNCC(I)C(=O)OC. The van der Waals surface area contributed by atoms with Gasteiger partial charge in [0.15, 0.2) is 0 Å². The van der Waals surface area contributed by atoms with Crippen molar-refractivity contribution in [3.63, 3.8) is 0 Å². The van der Waals surface area contributed by atoms with Crippen LogP contribution < -0.4 is 5.32 Å². The summed E-state index contributed by atoms with van der Waals surface area (Å²) in [5.41, 5.74) is 0. The molecule has 0 aromatic heterocycles. The van der Waals surface area contributed by atoms with E-state index < -0.39 is 0 Å². The zero-order chi connectivity index (χ0) is 10.8. The highest BCUT2D eigenvalue weighted by Gasteiger charge is 2.13. The molecule has 5 heteroatoms. The summed E-state index contributed by atoms with van der Waals surface area (Å²) in [7, 11) is 3.11. The van der Waals surface area contributed by atoms with Crippen LogP contribution in [0.2, 0.25) is 0 Å². The average Bonchev–Trinajstić information content (AvgIpc) is 2.21. The van der Waals surface area contributed by atoms with E-state index in [1.165, 1.54) is 7.11 Å². The van der Waals surface area contributed by atoms with Crippen LogP contribution in [-0.2, 0) is 14.3 Å². The molecule has 0 amide bonds. The van der Waals surface area contributed by atoms with Crippen LogP contribution in [0.1, 0.15) is 12.8 Å². The van der Waals surface area contributed by atoms with E-state index in [0.717, 1.165) is 26.0 Å². The molecule has 0 heterocycles. The molecular formula is C9H18INO3. The van der Waals surface area contributed by atoms with Crippen LogP contribution in [0.25, 0.3) is 0 Å². The summed E-state index contributed by atoms with van der Waals surface area (Å²) in [5.74, 6) is -0.171. The Kier molecular flexibility index (Phi) is 9.75. The molecule has 0 aromatic rings. The van der Waals surface area contributed by atoms with Crippen LogP contribution in [0, 0.1) is 0 Å². The van der Waals surface area contributed by atoms with E-state index in [4.69, 9.17) is 4.74 Å². The number of ether oxygens (including phenoxy) is 2. The smallest absolute Gasteiger partial charge is 0.319 e. The van der Waals surface area contributed by atoms with Gasteiger partial charge < -0.3 is 14.8 Å². The summed E-state index contributed by atoms with van der Waals surface area (Å²) >= 11 is 2.07. The molecule has 0 saturated carbocycles. The minimum atomic E-state index is -0.171. The van der Waals surface area contributed by atoms with Gasteiger partial charge in [0.2, 0.25) is 0 Å². The van der Waals surface area contributed by atoms with Gasteiger partial charge in [-0.25, -0.2) is 0 Å². The van der Waals surface area contributed by atoms with Crippen LogP contribution in [0.5, 0.6) is 0 Å². The first-order chi connectivity index (χ1) is 6.72. The fourth-order valence-corrected chi connectivity index (χ4v) is 1.50. The molecule has 0 radical (unpaired) electrons. The van der Waals surface area contributed by atoms with Gasteiger partial charge in [-0.3, -0.25) is 4.79 Å². The molecular weight excluding hydrogens is 297 g/mol. The van der Waals surface area contributed by atoms with Crippen LogP contribution in [0.15, 0.2) is 0 Å². The Bertz CT molecular complexity index is 155. The van der Waals surface area contributed by atoms with Crippen molar-refractivity contribution in [2.75, 3.05) is 33.9 Å². The third-order valence-electron chi connectivity index (χ3n) is 1.73.